The fourth-order valence-corrected chi connectivity index (χ4v) is 5.33. The van der Waals surface area contributed by atoms with Crippen LogP contribution in [-0.4, -0.2) is 56.5 Å². The van der Waals surface area contributed by atoms with E-state index in [-0.39, 0.29) is 0 Å². The van der Waals surface area contributed by atoms with Crippen LogP contribution in [0.4, 0.5) is 5.82 Å². The number of nitrogens with one attached hydrogen (secondary N) is 2. The Hall–Kier alpha value is -1.28. The number of aromatic nitrogens is 2. The number of aryl methyl sites for hydroxylation is 1. The van der Waals surface area contributed by atoms with Gasteiger partial charge >= 0.3 is 0 Å². The van der Waals surface area contributed by atoms with Crippen LogP contribution >= 0.6 is 11.3 Å². The minimum atomic E-state index is 0.679. The van der Waals surface area contributed by atoms with Gasteiger partial charge in [-0.05, 0) is 30.7 Å². The summed E-state index contributed by atoms with van der Waals surface area (Å²) in [5, 5.41) is 4.77. The Morgan fingerprint density at radius 1 is 1.31 bits per heavy atom. The summed E-state index contributed by atoms with van der Waals surface area (Å²) in [6.45, 7) is 8.41. The van der Waals surface area contributed by atoms with E-state index in [0.717, 1.165) is 68.2 Å². The number of anilines is 1. The quantitative estimate of drug-likeness (QED) is 0.743. The smallest absolute Gasteiger partial charge is 0.187 e. The molecule has 142 valence electrons. The lowest BCUT2D eigenvalue weighted by Crippen LogP contribution is -3.12. The largest absolute Gasteiger partial charge is 0.383 e. The molecule has 2 aromatic rings. The number of hydrogen-bond acceptors (Lipinski definition) is 6. The number of hydrogen-bond donors (Lipinski definition) is 2. The van der Waals surface area contributed by atoms with Crippen LogP contribution in [-0.2, 0) is 28.9 Å². The van der Waals surface area contributed by atoms with Crippen LogP contribution in [0.3, 0.4) is 0 Å². The second-order valence-corrected chi connectivity index (χ2v) is 8.56. The Morgan fingerprint density at radius 2 is 2.15 bits per heavy atom. The summed E-state index contributed by atoms with van der Waals surface area (Å²) in [4.78, 5) is 14.1. The molecular weight excluding hydrogens is 348 g/mol. The van der Waals surface area contributed by atoms with E-state index >= 15 is 0 Å². The lowest BCUT2D eigenvalue weighted by molar-refractivity contribution is -0.922. The molecule has 26 heavy (non-hydrogen) atoms. The molecule has 0 bridgehead atoms. The maximum absolute atomic E-state index is 5.48. The number of rotatable bonds is 6. The molecule has 2 aliphatic rings. The van der Waals surface area contributed by atoms with Gasteiger partial charge in [0.05, 0.1) is 25.2 Å². The Kier molecular flexibility index (Phi) is 5.69. The van der Waals surface area contributed by atoms with Gasteiger partial charge in [0, 0.05) is 18.5 Å². The Balaban J connectivity index is 1.67. The lowest BCUT2D eigenvalue weighted by Gasteiger charge is -2.23. The number of thiophene rings is 1. The van der Waals surface area contributed by atoms with Gasteiger partial charge in [-0.1, -0.05) is 6.92 Å². The Morgan fingerprint density at radius 3 is 2.96 bits per heavy atom. The highest BCUT2D eigenvalue weighted by atomic mass is 32.1. The minimum Gasteiger partial charge on any atom is -0.383 e. The minimum absolute atomic E-state index is 0.679. The third kappa shape index (κ3) is 3.86. The normalized spacial score (nSPS) is 21.1. The molecule has 0 saturated carbocycles. The zero-order valence-electron chi connectivity index (χ0n) is 15.8. The molecule has 0 amide bonds. The average molecular weight is 378 g/mol. The first-order valence-corrected chi connectivity index (χ1v) is 10.5. The summed E-state index contributed by atoms with van der Waals surface area (Å²) in [6, 6.07) is 0. The maximum Gasteiger partial charge on any atom is 0.187 e. The van der Waals surface area contributed by atoms with Crippen molar-refractivity contribution in [2.75, 3.05) is 51.9 Å². The van der Waals surface area contributed by atoms with E-state index < -0.39 is 0 Å². The van der Waals surface area contributed by atoms with E-state index in [2.05, 4.69) is 12.2 Å². The van der Waals surface area contributed by atoms with E-state index in [4.69, 9.17) is 19.4 Å². The van der Waals surface area contributed by atoms with Crippen molar-refractivity contribution in [2.24, 2.45) is 5.92 Å². The van der Waals surface area contributed by atoms with Gasteiger partial charge in [-0.15, -0.1) is 11.3 Å². The van der Waals surface area contributed by atoms with Crippen molar-refractivity contribution in [3.63, 3.8) is 0 Å². The summed E-state index contributed by atoms with van der Waals surface area (Å²) in [7, 11) is 1.73. The van der Waals surface area contributed by atoms with Crippen molar-refractivity contribution in [3.8, 4) is 0 Å². The summed E-state index contributed by atoms with van der Waals surface area (Å²) in [6.07, 6.45) is 3.58. The van der Waals surface area contributed by atoms with Gasteiger partial charge in [0.25, 0.3) is 0 Å². The van der Waals surface area contributed by atoms with E-state index in [1.165, 1.54) is 33.6 Å². The second kappa shape index (κ2) is 8.17. The number of ether oxygens (including phenoxy) is 2. The first-order valence-electron chi connectivity index (χ1n) is 9.70. The summed E-state index contributed by atoms with van der Waals surface area (Å²) in [5.74, 6) is 2.72. The van der Waals surface area contributed by atoms with Crippen molar-refractivity contribution >= 4 is 27.4 Å². The fraction of sp³-hybridized carbons (Fsp3) is 0.684. The van der Waals surface area contributed by atoms with Gasteiger partial charge in [0.2, 0.25) is 0 Å². The third-order valence-corrected chi connectivity index (χ3v) is 6.56. The monoisotopic (exact) mass is 377 g/mol. The summed E-state index contributed by atoms with van der Waals surface area (Å²) >= 11 is 1.88. The molecule has 0 spiro atoms. The van der Waals surface area contributed by atoms with Crippen molar-refractivity contribution in [1.29, 1.82) is 0 Å². The Labute approximate surface area is 158 Å². The predicted octanol–water partition coefficient (Wildman–Crippen LogP) is 1.29. The highest BCUT2D eigenvalue weighted by molar-refractivity contribution is 7.19. The molecule has 7 heteroatoms. The summed E-state index contributed by atoms with van der Waals surface area (Å²) in [5.41, 5.74) is 1.48. The molecule has 0 aromatic carbocycles. The number of nitrogens with zero attached hydrogens (tertiary/aromatic N) is 2. The lowest BCUT2D eigenvalue weighted by atomic mass is 9.89. The van der Waals surface area contributed by atoms with E-state index in [9.17, 15) is 0 Å². The van der Waals surface area contributed by atoms with Gasteiger partial charge in [0.15, 0.2) is 5.82 Å². The molecule has 1 saturated heterocycles. The molecular formula is C19H29N4O2S+. The standard InChI is InChI=1S/C19H28N4O2S/c1-13-3-4-14-15(11-13)26-19-17(14)18(20-5-8-24-2)21-16(22-19)12-23-6-9-25-10-7-23/h13H,3-12H2,1-2H3,(H,20,21,22)/p+1/t13-/m1/s1. The number of quaternary nitrogens is 1. The molecule has 1 aliphatic heterocycles. The average Bonchev–Trinajstić information content (AvgIpc) is 3.00. The van der Waals surface area contributed by atoms with E-state index in [1.807, 2.05) is 11.3 Å². The van der Waals surface area contributed by atoms with Crippen LogP contribution in [0.25, 0.3) is 10.2 Å². The zero-order valence-corrected chi connectivity index (χ0v) is 16.6. The van der Waals surface area contributed by atoms with Crippen molar-refractivity contribution < 1.29 is 14.4 Å². The van der Waals surface area contributed by atoms with E-state index in [1.54, 1.807) is 7.11 Å². The number of morpholine rings is 1. The third-order valence-electron chi connectivity index (χ3n) is 5.41. The number of methoxy groups -OCH3 is 1. The van der Waals surface area contributed by atoms with Crippen LogP contribution in [0.15, 0.2) is 0 Å². The van der Waals surface area contributed by atoms with Crippen LogP contribution < -0.4 is 10.2 Å². The van der Waals surface area contributed by atoms with Crippen molar-refractivity contribution in [3.05, 3.63) is 16.3 Å². The molecule has 6 nitrogen and oxygen atoms in total. The molecule has 1 fully saturated rings. The molecule has 2 aromatic heterocycles. The number of fused-ring (bicyclic) bond motifs is 3. The van der Waals surface area contributed by atoms with Crippen LogP contribution in [0, 0.1) is 5.92 Å². The van der Waals surface area contributed by atoms with Gasteiger partial charge in [-0.3, -0.25) is 0 Å². The topological polar surface area (TPSA) is 60.7 Å². The first-order chi connectivity index (χ1) is 12.7. The van der Waals surface area contributed by atoms with E-state index in [0.29, 0.717) is 6.61 Å². The van der Waals surface area contributed by atoms with Gasteiger partial charge in [-0.2, -0.15) is 0 Å². The second-order valence-electron chi connectivity index (χ2n) is 7.48. The highest BCUT2D eigenvalue weighted by Crippen LogP contribution is 2.39. The highest BCUT2D eigenvalue weighted by Gasteiger charge is 2.25. The molecule has 0 radical (unpaired) electrons. The van der Waals surface area contributed by atoms with Crippen molar-refractivity contribution in [1.82, 2.24) is 9.97 Å². The van der Waals surface area contributed by atoms with Crippen LogP contribution in [0.1, 0.15) is 29.6 Å². The van der Waals surface area contributed by atoms with Gasteiger partial charge < -0.3 is 19.7 Å². The molecule has 1 atom stereocenters. The van der Waals surface area contributed by atoms with Crippen LogP contribution in [0.5, 0.6) is 0 Å². The van der Waals surface area contributed by atoms with Crippen LogP contribution in [0.2, 0.25) is 0 Å². The molecule has 2 N–H and O–H groups in total. The van der Waals surface area contributed by atoms with Crippen molar-refractivity contribution in [2.45, 2.75) is 32.7 Å². The SMILES string of the molecule is COCCNc1nc(C[NH+]2CCOCC2)nc2sc3c(c12)CC[C@@H](C)C3. The zero-order chi connectivity index (χ0) is 17.9. The first kappa shape index (κ1) is 18.1. The predicted molar refractivity (Wildman–Crippen MR) is 104 cm³/mol. The van der Waals surface area contributed by atoms with Gasteiger partial charge in [-0.25, -0.2) is 9.97 Å². The molecule has 0 unspecified atom stereocenters. The van der Waals surface area contributed by atoms with Gasteiger partial charge in [0.1, 0.15) is 30.3 Å². The maximum atomic E-state index is 5.48. The fourth-order valence-electron chi connectivity index (χ4n) is 3.93. The molecule has 3 heterocycles. The molecule has 1 aliphatic carbocycles. The Bertz CT molecular complexity index is 758. The molecule has 4 rings (SSSR count). The summed E-state index contributed by atoms with van der Waals surface area (Å²) < 4.78 is 10.7.